The summed E-state index contributed by atoms with van der Waals surface area (Å²) in [7, 11) is 0. The first-order valence-corrected chi connectivity index (χ1v) is 7.18. The number of hydrogen-bond acceptors (Lipinski definition) is 5. The average Bonchev–Trinajstić information content (AvgIpc) is 2.69. The quantitative estimate of drug-likeness (QED) is 0.723. The second kappa shape index (κ2) is 4.76. The van der Waals surface area contributed by atoms with E-state index >= 15 is 0 Å². The van der Waals surface area contributed by atoms with Crippen molar-refractivity contribution in [1.29, 1.82) is 0 Å². The van der Waals surface area contributed by atoms with E-state index in [0.717, 1.165) is 19.6 Å². The number of fused-ring (bicyclic) bond motifs is 1. The van der Waals surface area contributed by atoms with Crippen molar-refractivity contribution in [3.05, 3.63) is 41.6 Å². The van der Waals surface area contributed by atoms with Gasteiger partial charge in [-0.3, -0.25) is 0 Å². The smallest absolute Gasteiger partial charge is 0.157 e. The fourth-order valence-electron chi connectivity index (χ4n) is 1.53. The Morgan fingerprint density at radius 1 is 1.17 bits per heavy atom. The Balaban J connectivity index is 1.96. The third-order valence-electron chi connectivity index (χ3n) is 2.26. The molecule has 3 rings (SSSR count). The van der Waals surface area contributed by atoms with Crippen LogP contribution in [0.25, 0.3) is 10.2 Å². The first kappa shape index (κ1) is 11.8. The minimum atomic E-state index is 0.401. The Morgan fingerprint density at radius 2 is 2.00 bits per heavy atom. The molecule has 0 fully saturated rings. The summed E-state index contributed by atoms with van der Waals surface area (Å²) in [6.07, 6.45) is 0. The molecule has 0 saturated carbocycles. The van der Waals surface area contributed by atoms with E-state index in [9.17, 15) is 0 Å². The van der Waals surface area contributed by atoms with Crippen molar-refractivity contribution < 1.29 is 0 Å². The van der Waals surface area contributed by atoms with Gasteiger partial charge in [0.2, 0.25) is 0 Å². The normalized spacial score (nSPS) is 10.9. The van der Waals surface area contributed by atoms with Gasteiger partial charge in [-0.25, -0.2) is 9.97 Å². The molecular weight excluding hydrogens is 286 g/mol. The summed E-state index contributed by atoms with van der Waals surface area (Å²) in [5.74, 6) is 0. The van der Waals surface area contributed by atoms with E-state index in [1.165, 1.54) is 11.8 Å². The molecule has 90 valence electrons. The van der Waals surface area contributed by atoms with Gasteiger partial charge in [-0.1, -0.05) is 23.7 Å². The number of thiazole rings is 1. The molecule has 0 atom stereocenters. The lowest BCUT2D eigenvalue weighted by Gasteiger charge is -1.99. The minimum Gasteiger partial charge on any atom is -0.399 e. The SMILES string of the molecule is Nc1cc(Cl)nc(Sc2nc3ccccc3s2)c1. The topological polar surface area (TPSA) is 51.8 Å². The summed E-state index contributed by atoms with van der Waals surface area (Å²) in [6, 6.07) is 11.5. The van der Waals surface area contributed by atoms with Crippen molar-refractivity contribution >= 4 is 50.6 Å². The van der Waals surface area contributed by atoms with E-state index < -0.39 is 0 Å². The molecule has 6 heteroatoms. The van der Waals surface area contributed by atoms with E-state index in [1.54, 1.807) is 23.5 Å². The second-order valence-corrected chi connectivity index (χ2v) is 6.30. The molecule has 0 aliphatic heterocycles. The number of anilines is 1. The van der Waals surface area contributed by atoms with Crippen molar-refractivity contribution in [2.24, 2.45) is 0 Å². The molecule has 1 aromatic carbocycles. The standard InChI is InChI=1S/C12H8ClN3S2/c13-10-5-7(14)6-11(16-10)18-12-15-8-3-1-2-4-9(8)17-12/h1-6H,(H2,14,16). The number of hydrogen-bond donors (Lipinski definition) is 1. The molecule has 0 amide bonds. The predicted octanol–water partition coefficient (Wildman–Crippen LogP) is 4.08. The summed E-state index contributed by atoms with van der Waals surface area (Å²) < 4.78 is 2.10. The summed E-state index contributed by atoms with van der Waals surface area (Å²) in [6.45, 7) is 0. The largest absolute Gasteiger partial charge is 0.399 e. The third kappa shape index (κ3) is 2.43. The van der Waals surface area contributed by atoms with Gasteiger partial charge in [0.25, 0.3) is 0 Å². The molecular formula is C12H8ClN3S2. The maximum atomic E-state index is 5.87. The number of nitrogens with zero attached hydrogens (tertiary/aromatic N) is 2. The Bertz CT molecular complexity index is 658. The van der Waals surface area contributed by atoms with Crippen LogP contribution in [-0.2, 0) is 0 Å². The summed E-state index contributed by atoms with van der Waals surface area (Å²) in [5, 5.41) is 1.16. The number of rotatable bonds is 2. The maximum absolute atomic E-state index is 5.87. The van der Waals surface area contributed by atoms with Crippen LogP contribution in [0.1, 0.15) is 0 Å². The molecule has 3 nitrogen and oxygen atoms in total. The highest BCUT2D eigenvalue weighted by molar-refractivity contribution is 8.01. The molecule has 2 aromatic heterocycles. The van der Waals surface area contributed by atoms with Gasteiger partial charge in [-0.05, 0) is 36.0 Å². The van der Waals surface area contributed by atoms with Crippen molar-refractivity contribution in [1.82, 2.24) is 9.97 Å². The Kier molecular flexibility index (Phi) is 3.11. The van der Waals surface area contributed by atoms with Crippen LogP contribution in [-0.4, -0.2) is 9.97 Å². The molecule has 0 bridgehead atoms. The zero-order chi connectivity index (χ0) is 12.5. The van der Waals surface area contributed by atoms with Gasteiger partial charge < -0.3 is 5.73 Å². The maximum Gasteiger partial charge on any atom is 0.157 e. The number of nitrogen functional groups attached to an aromatic ring is 1. The number of nitrogens with two attached hydrogens (primary N) is 1. The van der Waals surface area contributed by atoms with E-state index in [0.29, 0.717) is 10.8 Å². The zero-order valence-electron chi connectivity index (χ0n) is 9.13. The summed E-state index contributed by atoms with van der Waals surface area (Å²) in [4.78, 5) is 8.74. The highest BCUT2D eigenvalue weighted by atomic mass is 35.5. The monoisotopic (exact) mass is 293 g/mol. The fourth-order valence-corrected chi connectivity index (χ4v) is 3.85. The molecule has 0 unspecified atom stereocenters. The first-order chi connectivity index (χ1) is 8.70. The van der Waals surface area contributed by atoms with Gasteiger partial charge in [-0.2, -0.15) is 0 Å². The number of para-hydroxylation sites is 1. The predicted molar refractivity (Wildman–Crippen MR) is 77.4 cm³/mol. The second-order valence-electron chi connectivity index (χ2n) is 3.61. The van der Waals surface area contributed by atoms with Gasteiger partial charge >= 0.3 is 0 Å². The van der Waals surface area contributed by atoms with Gasteiger partial charge in [0, 0.05) is 5.69 Å². The molecule has 3 aromatic rings. The lowest BCUT2D eigenvalue weighted by Crippen LogP contribution is -1.88. The van der Waals surface area contributed by atoms with Crippen molar-refractivity contribution in [3.63, 3.8) is 0 Å². The molecule has 0 aliphatic carbocycles. The van der Waals surface area contributed by atoms with Crippen LogP contribution >= 0.6 is 34.7 Å². The summed E-state index contributed by atoms with van der Waals surface area (Å²) in [5.41, 5.74) is 7.34. The van der Waals surface area contributed by atoms with Crippen LogP contribution in [0.5, 0.6) is 0 Å². The molecule has 0 spiro atoms. The molecule has 2 N–H and O–H groups in total. The molecule has 0 saturated heterocycles. The van der Waals surface area contributed by atoms with E-state index in [2.05, 4.69) is 16.0 Å². The number of halogens is 1. The lowest BCUT2D eigenvalue weighted by atomic mass is 10.3. The van der Waals surface area contributed by atoms with Crippen LogP contribution < -0.4 is 5.73 Å². The van der Waals surface area contributed by atoms with Gasteiger partial charge in [-0.15, -0.1) is 11.3 Å². The summed E-state index contributed by atoms with van der Waals surface area (Å²) >= 11 is 8.98. The van der Waals surface area contributed by atoms with Crippen LogP contribution in [0, 0.1) is 0 Å². The molecule has 2 heterocycles. The molecule has 0 radical (unpaired) electrons. The Labute approximate surface area is 117 Å². The van der Waals surface area contributed by atoms with Crippen molar-refractivity contribution in [2.45, 2.75) is 9.37 Å². The Morgan fingerprint density at radius 3 is 2.78 bits per heavy atom. The number of pyridine rings is 1. The number of benzene rings is 1. The van der Waals surface area contributed by atoms with Crippen LogP contribution in [0.15, 0.2) is 45.8 Å². The lowest BCUT2D eigenvalue weighted by molar-refractivity contribution is 1.13. The number of aromatic nitrogens is 2. The van der Waals surface area contributed by atoms with Crippen LogP contribution in [0.3, 0.4) is 0 Å². The minimum absolute atomic E-state index is 0.401. The molecule has 0 aliphatic rings. The zero-order valence-corrected chi connectivity index (χ0v) is 11.5. The fraction of sp³-hybridized carbons (Fsp3) is 0. The highest BCUT2D eigenvalue weighted by Gasteiger charge is 2.07. The van der Waals surface area contributed by atoms with Gasteiger partial charge in [0.1, 0.15) is 10.2 Å². The van der Waals surface area contributed by atoms with E-state index in [4.69, 9.17) is 17.3 Å². The average molecular weight is 294 g/mol. The Hall–Kier alpha value is -1.30. The highest BCUT2D eigenvalue weighted by Crippen LogP contribution is 2.34. The van der Waals surface area contributed by atoms with Gasteiger partial charge in [0.05, 0.1) is 10.2 Å². The first-order valence-electron chi connectivity index (χ1n) is 5.17. The van der Waals surface area contributed by atoms with Gasteiger partial charge in [0.15, 0.2) is 4.34 Å². The van der Waals surface area contributed by atoms with E-state index in [1.807, 2.05) is 18.2 Å². The third-order valence-corrected chi connectivity index (χ3v) is 4.47. The van der Waals surface area contributed by atoms with Crippen LogP contribution in [0.4, 0.5) is 5.69 Å². The van der Waals surface area contributed by atoms with Crippen molar-refractivity contribution in [3.8, 4) is 0 Å². The molecule has 18 heavy (non-hydrogen) atoms. The van der Waals surface area contributed by atoms with E-state index in [-0.39, 0.29) is 0 Å². The van der Waals surface area contributed by atoms with Crippen molar-refractivity contribution in [2.75, 3.05) is 5.73 Å². The van der Waals surface area contributed by atoms with Crippen LogP contribution in [0.2, 0.25) is 5.15 Å².